The first kappa shape index (κ1) is 16.2. The predicted molar refractivity (Wildman–Crippen MR) is 81.4 cm³/mol. The van der Waals surface area contributed by atoms with Gasteiger partial charge in [-0.2, -0.15) is 0 Å². The average Bonchev–Trinajstić information content (AvgIpc) is 2.25. The van der Waals surface area contributed by atoms with Crippen LogP contribution in [0.15, 0.2) is 0 Å². The highest BCUT2D eigenvalue weighted by Gasteiger charge is 1.92. The molecule has 0 spiro atoms. The molecule has 0 aliphatic heterocycles. The maximum Gasteiger partial charge on any atom is 0.130 e. The molecule has 0 aliphatic carbocycles. The Labute approximate surface area is 112 Å². The minimum Gasteiger partial charge on any atom is -0.371 e. The van der Waals surface area contributed by atoms with Gasteiger partial charge in [-0.15, -0.1) is 12.6 Å². The Bertz CT molecular complexity index is 160. The van der Waals surface area contributed by atoms with Gasteiger partial charge in [0.25, 0.3) is 0 Å². The van der Waals surface area contributed by atoms with Crippen molar-refractivity contribution in [3.05, 3.63) is 0 Å². The summed E-state index contributed by atoms with van der Waals surface area (Å²) in [5.74, 6) is 0. The average molecular weight is 261 g/mol. The van der Waals surface area contributed by atoms with Crippen molar-refractivity contribution in [3.63, 3.8) is 0 Å². The number of nitrogens with one attached hydrogen (secondary N) is 1. The van der Waals surface area contributed by atoms with Gasteiger partial charge in [0.1, 0.15) is 4.32 Å². The van der Waals surface area contributed by atoms with E-state index in [1.807, 2.05) is 0 Å². The Balaban J connectivity index is 2.90. The molecule has 0 amide bonds. The second-order valence-electron chi connectivity index (χ2n) is 4.41. The summed E-state index contributed by atoms with van der Waals surface area (Å²) in [6, 6.07) is 0. The molecule has 0 saturated carbocycles. The van der Waals surface area contributed by atoms with Crippen LogP contribution in [-0.4, -0.2) is 10.9 Å². The molecule has 0 aromatic carbocycles. The van der Waals surface area contributed by atoms with Gasteiger partial charge in [-0.3, -0.25) is 0 Å². The Kier molecular flexibility index (Phi) is 13.5. The zero-order valence-corrected chi connectivity index (χ0v) is 12.3. The third kappa shape index (κ3) is 14.2. The van der Waals surface area contributed by atoms with Gasteiger partial charge in [-0.25, -0.2) is 0 Å². The van der Waals surface area contributed by atoms with Gasteiger partial charge < -0.3 is 5.32 Å². The quantitative estimate of drug-likeness (QED) is 0.317. The van der Waals surface area contributed by atoms with Crippen LogP contribution < -0.4 is 5.32 Å². The molecule has 96 valence electrons. The lowest BCUT2D eigenvalue weighted by atomic mass is 10.1. The number of hydrogen-bond donors (Lipinski definition) is 2. The van der Waals surface area contributed by atoms with Crippen molar-refractivity contribution < 1.29 is 0 Å². The zero-order chi connectivity index (χ0) is 12.1. The molecule has 0 aromatic rings. The van der Waals surface area contributed by atoms with Gasteiger partial charge in [-0.1, -0.05) is 76.9 Å². The van der Waals surface area contributed by atoms with Crippen LogP contribution in [0.1, 0.15) is 71.1 Å². The highest BCUT2D eigenvalue weighted by atomic mass is 32.1. The molecule has 0 fully saturated rings. The van der Waals surface area contributed by atoms with Gasteiger partial charge in [0.05, 0.1) is 0 Å². The molecular formula is C13H27NS2. The predicted octanol–water partition coefficient (Wildman–Crippen LogP) is 4.71. The van der Waals surface area contributed by atoms with Crippen molar-refractivity contribution in [3.8, 4) is 0 Å². The smallest absolute Gasteiger partial charge is 0.130 e. The molecule has 0 unspecified atom stereocenters. The molecule has 0 radical (unpaired) electrons. The highest BCUT2D eigenvalue weighted by molar-refractivity contribution is 8.11. The molecule has 0 saturated heterocycles. The van der Waals surface area contributed by atoms with E-state index in [0.717, 1.165) is 6.54 Å². The molecule has 16 heavy (non-hydrogen) atoms. The fourth-order valence-electron chi connectivity index (χ4n) is 1.81. The van der Waals surface area contributed by atoms with Crippen LogP contribution in [0.5, 0.6) is 0 Å². The Morgan fingerprint density at radius 2 is 1.31 bits per heavy atom. The molecule has 0 bridgehead atoms. The van der Waals surface area contributed by atoms with Crippen molar-refractivity contribution >= 4 is 29.2 Å². The summed E-state index contributed by atoms with van der Waals surface area (Å²) < 4.78 is 0.621. The molecule has 0 atom stereocenters. The number of thiocarbonyl (C=S) groups is 1. The van der Waals surface area contributed by atoms with Crippen molar-refractivity contribution in [2.24, 2.45) is 0 Å². The van der Waals surface area contributed by atoms with E-state index < -0.39 is 0 Å². The molecular weight excluding hydrogens is 234 g/mol. The van der Waals surface area contributed by atoms with E-state index in [-0.39, 0.29) is 0 Å². The summed E-state index contributed by atoms with van der Waals surface area (Å²) in [6.45, 7) is 3.25. The van der Waals surface area contributed by atoms with Crippen LogP contribution >= 0.6 is 24.8 Å². The first-order valence-corrected chi connectivity index (χ1v) is 7.59. The molecule has 0 heterocycles. The summed E-state index contributed by atoms with van der Waals surface area (Å²) in [5, 5.41) is 3.07. The first-order chi connectivity index (χ1) is 7.77. The third-order valence-corrected chi connectivity index (χ3v) is 3.11. The summed E-state index contributed by atoms with van der Waals surface area (Å²) >= 11 is 8.84. The monoisotopic (exact) mass is 261 g/mol. The van der Waals surface area contributed by atoms with E-state index in [4.69, 9.17) is 12.2 Å². The number of unbranched alkanes of at least 4 members (excludes halogenated alkanes) is 9. The lowest BCUT2D eigenvalue weighted by Crippen LogP contribution is -2.17. The van der Waals surface area contributed by atoms with Crippen LogP contribution in [-0.2, 0) is 0 Å². The second-order valence-corrected chi connectivity index (χ2v) is 5.57. The van der Waals surface area contributed by atoms with Crippen LogP contribution in [0.2, 0.25) is 0 Å². The number of hydrogen-bond acceptors (Lipinski definition) is 1. The van der Waals surface area contributed by atoms with Gasteiger partial charge in [-0.05, 0) is 6.42 Å². The lowest BCUT2D eigenvalue weighted by molar-refractivity contribution is 0.555. The largest absolute Gasteiger partial charge is 0.371 e. The minimum atomic E-state index is 0.621. The van der Waals surface area contributed by atoms with E-state index in [2.05, 4.69) is 24.9 Å². The van der Waals surface area contributed by atoms with E-state index >= 15 is 0 Å². The highest BCUT2D eigenvalue weighted by Crippen LogP contribution is 2.10. The molecule has 3 heteroatoms. The molecule has 1 nitrogen and oxygen atoms in total. The van der Waals surface area contributed by atoms with Crippen LogP contribution in [0, 0.1) is 0 Å². The van der Waals surface area contributed by atoms with Crippen molar-refractivity contribution in [2.45, 2.75) is 71.1 Å². The standard InChI is InChI=1S/C13H27NS2/c1-2-3-4-5-6-7-8-9-10-11-12-14-13(15)16/h2-12H2,1H3,(H2,14,15,16). The first-order valence-electron chi connectivity index (χ1n) is 6.74. The SMILES string of the molecule is CCCCCCCCCCCCNC(=S)S. The topological polar surface area (TPSA) is 12.0 Å². The van der Waals surface area contributed by atoms with E-state index in [9.17, 15) is 0 Å². The van der Waals surface area contributed by atoms with Crippen molar-refractivity contribution in [1.29, 1.82) is 0 Å². The maximum atomic E-state index is 4.82. The number of thiol groups is 1. The Morgan fingerprint density at radius 1 is 0.875 bits per heavy atom. The zero-order valence-electron chi connectivity index (χ0n) is 10.6. The molecule has 1 N–H and O–H groups in total. The van der Waals surface area contributed by atoms with Crippen LogP contribution in [0.25, 0.3) is 0 Å². The summed E-state index contributed by atoms with van der Waals surface area (Å²) in [5.41, 5.74) is 0. The van der Waals surface area contributed by atoms with E-state index in [1.54, 1.807) is 0 Å². The fraction of sp³-hybridized carbons (Fsp3) is 0.923. The van der Waals surface area contributed by atoms with E-state index in [0.29, 0.717) is 4.32 Å². The van der Waals surface area contributed by atoms with E-state index in [1.165, 1.54) is 64.2 Å². The van der Waals surface area contributed by atoms with Gasteiger partial charge in [0.15, 0.2) is 0 Å². The van der Waals surface area contributed by atoms with Crippen LogP contribution in [0.4, 0.5) is 0 Å². The summed E-state index contributed by atoms with van der Waals surface area (Å²) in [7, 11) is 0. The molecule has 0 aromatic heterocycles. The minimum absolute atomic E-state index is 0.621. The summed E-state index contributed by atoms with van der Waals surface area (Å²) in [4.78, 5) is 0. The van der Waals surface area contributed by atoms with Gasteiger partial charge in [0, 0.05) is 6.54 Å². The molecule has 0 aliphatic rings. The lowest BCUT2D eigenvalue weighted by Gasteiger charge is -2.03. The molecule has 0 rings (SSSR count). The van der Waals surface area contributed by atoms with Gasteiger partial charge in [0.2, 0.25) is 0 Å². The summed E-state index contributed by atoms with van der Waals surface area (Å²) in [6.07, 6.45) is 13.8. The normalized spacial score (nSPS) is 10.4. The van der Waals surface area contributed by atoms with Crippen LogP contribution in [0.3, 0.4) is 0 Å². The maximum absolute atomic E-state index is 4.82. The fourth-order valence-corrected chi connectivity index (χ4v) is 2.02. The third-order valence-electron chi connectivity index (χ3n) is 2.81. The Morgan fingerprint density at radius 3 is 1.75 bits per heavy atom. The number of rotatable bonds is 11. The van der Waals surface area contributed by atoms with Crippen molar-refractivity contribution in [1.82, 2.24) is 5.32 Å². The van der Waals surface area contributed by atoms with Crippen molar-refractivity contribution in [2.75, 3.05) is 6.54 Å². The Hall–Kier alpha value is 0.240. The second kappa shape index (κ2) is 13.3. The van der Waals surface area contributed by atoms with Gasteiger partial charge >= 0.3 is 0 Å².